The van der Waals surface area contributed by atoms with Crippen molar-refractivity contribution in [3.8, 4) is 11.1 Å². The lowest BCUT2D eigenvalue weighted by Gasteiger charge is -2.04. The Morgan fingerprint density at radius 1 is 0.731 bits per heavy atom. The van der Waals surface area contributed by atoms with Crippen LogP contribution in [0.5, 0.6) is 0 Å². The molecule has 11 heteroatoms. The Kier molecular flexibility index (Phi) is 3.89. The monoisotopic (exact) mass is 357 g/mol. The SMILES string of the molecule is O=c1oc2ccc([N+](=O)[O-])cc2cc1-c1ccc([N+](=O)[O-])cc1[N+](=O)[O-]. The molecular weight excluding hydrogens is 350 g/mol. The first kappa shape index (κ1) is 16.7. The highest BCUT2D eigenvalue weighted by atomic mass is 16.6. The van der Waals surface area contributed by atoms with Gasteiger partial charge in [0.1, 0.15) is 5.58 Å². The fraction of sp³-hybridized carbons (Fsp3) is 0. The maximum atomic E-state index is 12.2. The Bertz CT molecular complexity index is 1150. The van der Waals surface area contributed by atoms with Crippen LogP contribution in [0.4, 0.5) is 17.1 Å². The molecular formula is C15H7N3O8. The van der Waals surface area contributed by atoms with Crippen LogP contribution < -0.4 is 5.63 Å². The van der Waals surface area contributed by atoms with Gasteiger partial charge in [-0.25, -0.2) is 4.79 Å². The summed E-state index contributed by atoms with van der Waals surface area (Å²) in [4.78, 5) is 42.8. The molecule has 26 heavy (non-hydrogen) atoms. The van der Waals surface area contributed by atoms with E-state index in [1.54, 1.807) is 0 Å². The molecule has 0 saturated heterocycles. The Hall–Kier alpha value is -4.15. The number of rotatable bonds is 4. The van der Waals surface area contributed by atoms with Crippen LogP contribution in [0.2, 0.25) is 0 Å². The number of non-ortho nitro benzene ring substituents is 2. The molecule has 0 saturated carbocycles. The minimum absolute atomic E-state index is 0.0638. The molecule has 1 heterocycles. The van der Waals surface area contributed by atoms with Crippen LogP contribution in [0.3, 0.4) is 0 Å². The summed E-state index contributed by atoms with van der Waals surface area (Å²) in [5.74, 6) is 0. The maximum Gasteiger partial charge on any atom is 0.344 e. The molecule has 0 fully saturated rings. The molecule has 130 valence electrons. The molecule has 0 aliphatic carbocycles. The van der Waals surface area contributed by atoms with E-state index < -0.39 is 31.8 Å². The summed E-state index contributed by atoms with van der Waals surface area (Å²) in [5.41, 5.74) is -2.70. The molecule has 0 unspecified atom stereocenters. The van der Waals surface area contributed by atoms with Crippen LogP contribution in [-0.2, 0) is 0 Å². The Balaban J connectivity index is 2.29. The first-order valence-electron chi connectivity index (χ1n) is 6.93. The van der Waals surface area contributed by atoms with E-state index in [0.717, 1.165) is 30.3 Å². The highest BCUT2D eigenvalue weighted by Gasteiger charge is 2.23. The highest BCUT2D eigenvalue weighted by Crippen LogP contribution is 2.33. The molecule has 0 N–H and O–H groups in total. The molecule has 2 aromatic carbocycles. The van der Waals surface area contributed by atoms with Gasteiger partial charge in [0.05, 0.1) is 32.0 Å². The van der Waals surface area contributed by atoms with Crippen LogP contribution in [0.25, 0.3) is 22.1 Å². The zero-order valence-electron chi connectivity index (χ0n) is 12.6. The summed E-state index contributed by atoms with van der Waals surface area (Å²) in [5, 5.41) is 33.1. The molecule has 3 aromatic rings. The molecule has 0 amide bonds. The van der Waals surface area contributed by atoms with Crippen molar-refractivity contribution in [1.82, 2.24) is 0 Å². The van der Waals surface area contributed by atoms with Gasteiger partial charge in [0.2, 0.25) is 0 Å². The lowest BCUT2D eigenvalue weighted by atomic mass is 10.0. The van der Waals surface area contributed by atoms with Gasteiger partial charge in [-0.15, -0.1) is 0 Å². The molecule has 0 radical (unpaired) electrons. The van der Waals surface area contributed by atoms with E-state index in [1.807, 2.05) is 0 Å². The first-order valence-corrected chi connectivity index (χ1v) is 6.93. The average molecular weight is 357 g/mol. The van der Waals surface area contributed by atoms with Crippen molar-refractivity contribution in [2.75, 3.05) is 0 Å². The molecule has 0 aliphatic rings. The smallest absolute Gasteiger partial charge is 0.344 e. The van der Waals surface area contributed by atoms with Crippen molar-refractivity contribution in [2.45, 2.75) is 0 Å². The minimum atomic E-state index is -0.914. The second kappa shape index (κ2) is 6.05. The quantitative estimate of drug-likeness (QED) is 0.391. The summed E-state index contributed by atoms with van der Waals surface area (Å²) >= 11 is 0. The average Bonchev–Trinajstić information content (AvgIpc) is 2.60. The zero-order valence-corrected chi connectivity index (χ0v) is 12.6. The molecule has 3 rings (SSSR count). The summed E-state index contributed by atoms with van der Waals surface area (Å²) in [7, 11) is 0. The van der Waals surface area contributed by atoms with Gasteiger partial charge in [-0.2, -0.15) is 0 Å². The van der Waals surface area contributed by atoms with Gasteiger partial charge >= 0.3 is 5.63 Å². The predicted molar refractivity (Wildman–Crippen MR) is 87.9 cm³/mol. The molecule has 0 aliphatic heterocycles. The number of nitro benzene ring substituents is 3. The van der Waals surface area contributed by atoms with Crippen molar-refractivity contribution in [1.29, 1.82) is 0 Å². The first-order chi connectivity index (χ1) is 12.3. The van der Waals surface area contributed by atoms with Gasteiger partial charge in [-0.05, 0) is 18.2 Å². The van der Waals surface area contributed by atoms with Crippen LogP contribution in [0.15, 0.2) is 51.7 Å². The second-order valence-corrected chi connectivity index (χ2v) is 5.14. The molecule has 0 spiro atoms. The maximum absolute atomic E-state index is 12.2. The number of hydrogen-bond donors (Lipinski definition) is 0. The van der Waals surface area contributed by atoms with Crippen molar-refractivity contribution >= 4 is 28.0 Å². The van der Waals surface area contributed by atoms with E-state index in [-0.39, 0.29) is 27.8 Å². The third-order valence-electron chi connectivity index (χ3n) is 3.61. The van der Waals surface area contributed by atoms with Gasteiger partial charge in [0.15, 0.2) is 0 Å². The van der Waals surface area contributed by atoms with Gasteiger partial charge in [0.25, 0.3) is 17.1 Å². The van der Waals surface area contributed by atoms with Gasteiger partial charge in [0, 0.05) is 23.6 Å². The summed E-state index contributed by atoms with van der Waals surface area (Å²) in [6.45, 7) is 0. The van der Waals surface area contributed by atoms with Crippen molar-refractivity contribution in [3.05, 3.63) is 83.2 Å². The van der Waals surface area contributed by atoms with E-state index in [0.29, 0.717) is 0 Å². The summed E-state index contributed by atoms with van der Waals surface area (Å²) in [6, 6.07) is 7.56. The van der Waals surface area contributed by atoms with Gasteiger partial charge in [-0.1, -0.05) is 0 Å². The molecule has 0 bridgehead atoms. The van der Waals surface area contributed by atoms with E-state index in [9.17, 15) is 35.1 Å². The molecule has 1 aromatic heterocycles. The number of fused-ring (bicyclic) bond motifs is 1. The Morgan fingerprint density at radius 3 is 1.96 bits per heavy atom. The lowest BCUT2D eigenvalue weighted by Crippen LogP contribution is -2.05. The summed E-state index contributed by atoms with van der Waals surface area (Å²) in [6.07, 6.45) is 0. The third kappa shape index (κ3) is 2.84. The highest BCUT2D eigenvalue weighted by molar-refractivity contribution is 5.85. The Labute approximate surface area is 142 Å². The largest absolute Gasteiger partial charge is 0.422 e. The van der Waals surface area contributed by atoms with E-state index in [1.165, 1.54) is 12.1 Å². The Morgan fingerprint density at radius 2 is 1.35 bits per heavy atom. The van der Waals surface area contributed by atoms with Gasteiger partial charge < -0.3 is 4.42 Å². The minimum Gasteiger partial charge on any atom is -0.422 e. The molecule has 0 atom stereocenters. The van der Waals surface area contributed by atoms with Crippen LogP contribution >= 0.6 is 0 Å². The topological polar surface area (TPSA) is 160 Å². The predicted octanol–water partition coefficient (Wildman–Crippen LogP) is 3.18. The van der Waals surface area contributed by atoms with Crippen molar-refractivity contribution in [2.24, 2.45) is 0 Å². The van der Waals surface area contributed by atoms with Gasteiger partial charge in [-0.3, -0.25) is 30.3 Å². The van der Waals surface area contributed by atoms with E-state index >= 15 is 0 Å². The summed E-state index contributed by atoms with van der Waals surface area (Å²) < 4.78 is 5.06. The van der Waals surface area contributed by atoms with Crippen LogP contribution in [-0.4, -0.2) is 14.8 Å². The van der Waals surface area contributed by atoms with E-state index in [4.69, 9.17) is 4.42 Å². The number of nitrogens with zero attached hydrogens (tertiary/aromatic N) is 3. The fourth-order valence-electron chi connectivity index (χ4n) is 2.42. The standard InChI is InChI=1S/C15H7N3O8/c19-15-12(6-8-5-9(16(20)21)2-4-14(8)26-15)11-3-1-10(17(22)23)7-13(11)18(24)25/h1-7H. The zero-order chi connectivity index (χ0) is 19.0. The number of benzene rings is 2. The normalized spacial score (nSPS) is 10.6. The third-order valence-corrected chi connectivity index (χ3v) is 3.61. The van der Waals surface area contributed by atoms with E-state index in [2.05, 4.69) is 0 Å². The van der Waals surface area contributed by atoms with Crippen LogP contribution in [0, 0.1) is 30.3 Å². The number of hydrogen-bond acceptors (Lipinski definition) is 8. The van der Waals surface area contributed by atoms with Crippen LogP contribution in [0.1, 0.15) is 0 Å². The van der Waals surface area contributed by atoms with Crippen molar-refractivity contribution in [3.63, 3.8) is 0 Å². The second-order valence-electron chi connectivity index (χ2n) is 5.14. The fourth-order valence-corrected chi connectivity index (χ4v) is 2.42. The van der Waals surface area contributed by atoms with Crippen molar-refractivity contribution < 1.29 is 19.2 Å². The molecule has 11 nitrogen and oxygen atoms in total. The lowest BCUT2D eigenvalue weighted by molar-refractivity contribution is -0.393. The number of nitro groups is 3.